The lowest BCUT2D eigenvalue weighted by Gasteiger charge is -2.35. The van der Waals surface area contributed by atoms with Gasteiger partial charge in [-0.2, -0.15) is 0 Å². The summed E-state index contributed by atoms with van der Waals surface area (Å²) in [6.07, 6.45) is 2.37. The van der Waals surface area contributed by atoms with Gasteiger partial charge in [-0.3, -0.25) is 0 Å². The van der Waals surface area contributed by atoms with E-state index in [0.717, 1.165) is 25.3 Å². The van der Waals surface area contributed by atoms with Crippen LogP contribution in [0, 0.1) is 12.7 Å². The maximum absolute atomic E-state index is 13.5. The van der Waals surface area contributed by atoms with Crippen molar-refractivity contribution in [3.05, 3.63) is 29.6 Å². The van der Waals surface area contributed by atoms with Crippen molar-refractivity contribution in [3.8, 4) is 0 Å². The first-order valence-corrected chi connectivity index (χ1v) is 6.45. The van der Waals surface area contributed by atoms with Crippen LogP contribution in [0.2, 0.25) is 0 Å². The van der Waals surface area contributed by atoms with Crippen molar-refractivity contribution in [3.63, 3.8) is 0 Å². The van der Waals surface area contributed by atoms with Crippen LogP contribution in [-0.2, 0) is 0 Å². The number of hydrogen-bond acceptors (Lipinski definition) is 2. The van der Waals surface area contributed by atoms with Crippen LogP contribution in [0.4, 0.5) is 10.1 Å². The molecule has 0 amide bonds. The topological polar surface area (TPSA) is 15.3 Å². The number of nitrogens with zero attached hydrogens (tertiary/aromatic N) is 1. The highest BCUT2D eigenvalue weighted by molar-refractivity contribution is 5.48. The van der Waals surface area contributed by atoms with E-state index in [0.29, 0.717) is 11.6 Å². The molecule has 1 aliphatic rings. The number of halogens is 1. The molecule has 1 unspecified atom stereocenters. The Hall–Kier alpha value is -1.09. The maximum Gasteiger partial charge on any atom is 0.128 e. The minimum atomic E-state index is -0.104. The zero-order valence-corrected chi connectivity index (χ0v) is 10.7. The summed E-state index contributed by atoms with van der Waals surface area (Å²) in [6.45, 7) is 6.93. The molecular formula is C14H21FN2. The second-order valence-corrected chi connectivity index (χ2v) is 4.82. The smallest absolute Gasteiger partial charge is 0.128 e. The third-order valence-electron chi connectivity index (χ3n) is 3.41. The number of nitrogens with one attached hydrogen (secondary N) is 1. The lowest BCUT2D eigenvalue weighted by Crippen LogP contribution is -2.50. The van der Waals surface area contributed by atoms with E-state index in [1.807, 2.05) is 12.1 Å². The van der Waals surface area contributed by atoms with Gasteiger partial charge in [0.2, 0.25) is 0 Å². The highest BCUT2D eigenvalue weighted by Gasteiger charge is 2.19. The number of rotatable bonds is 3. The molecule has 1 aromatic rings. The van der Waals surface area contributed by atoms with E-state index in [1.54, 1.807) is 13.0 Å². The minimum Gasteiger partial charge on any atom is -0.369 e. The van der Waals surface area contributed by atoms with Crippen LogP contribution in [0.25, 0.3) is 0 Å². The predicted molar refractivity (Wildman–Crippen MR) is 70.0 cm³/mol. The maximum atomic E-state index is 13.5. The largest absolute Gasteiger partial charge is 0.369 e. The van der Waals surface area contributed by atoms with Crippen LogP contribution < -0.4 is 10.2 Å². The summed E-state index contributed by atoms with van der Waals surface area (Å²) >= 11 is 0. The fourth-order valence-electron chi connectivity index (χ4n) is 2.38. The molecule has 1 N–H and O–H groups in total. The summed E-state index contributed by atoms with van der Waals surface area (Å²) in [6, 6.07) is 6.08. The van der Waals surface area contributed by atoms with Crippen LogP contribution in [0.1, 0.15) is 25.3 Å². The third kappa shape index (κ3) is 2.97. The van der Waals surface area contributed by atoms with Crippen LogP contribution in [0.15, 0.2) is 18.2 Å². The highest BCUT2D eigenvalue weighted by Crippen LogP contribution is 2.20. The van der Waals surface area contributed by atoms with E-state index in [-0.39, 0.29) is 5.82 Å². The Morgan fingerprint density at radius 1 is 1.47 bits per heavy atom. The Bertz CT molecular complexity index is 376. The zero-order valence-electron chi connectivity index (χ0n) is 10.7. The molecule has 3 heteroatoms. The molecule has 1 fully saturated rings. The number of benzene rings is 1. The molecule has 17 heavy (non-hydrogen) atoms. The molecule has 0 spiro atoms. The summed E-state index contributed by atoms with van der Waals surface area (Å²) in [7, 11) is 0. The number of hydrogen-bond donors (Lipinski definition) is 1. The molecule has 0 aromatic heterocycles. The Labute approximate surface area is 103 Å². The van der Waals surface area contributed by atoms with E-state index in [4.69, 9.17) is 0 Å². The van der Waals surface area contributed by atoms with Gasteiger partial charge in [0.05, 0.1) is 0 Å². The molecular weight excluding hydrogens is 215 g/mol. The summed E-state index contributed by atoms with van der Waals surface area (Å²) in [5, 5.41) is 3.51. The molecule has 1 aromatic carbocycles. The van der Waals surface area contributed by atoms with Crippen LogP contribution in [0.5, 0.6) is 0 Å². The van der Waals surface area contributed by atoms with Gasteiger partial charge in [0.15, 0.2) is 0 Å². The molecule has 0 saturated carbocycles. The van der Waals surface area contributed by atoms with Gasteiger partial charge in [-0.15, -0.1) is 0 Å². The van der Waals surface area contributed by atoms with Gasteiger partial charge in [-0.25, -0.2) is 4.39 Å². The molecule has 2 nitrogen and oxygen atoms in total. The van der Waals surface area contributed by atoms with Crippen LogP contribution >= 0.6 is 0 Å². The lowest BCUT2D eigenvalue weighted by molar-refractivity contribution is 0.430. The van der Waals surface area contributed by atoms with Gasteiger partial charge in [0.25, 0.3) is 0 Å². The summed E-state index contributed by atoms with van der Waals surface area (Å²) in [5.74, 6) is -0.104. The number of anilines is 1. The second kappa shape index (κ2) is 5.50. The van der Waals surface area contributed by atoms with Crippen LogP contribution in [-0.4, -0.2) is 25.7 Å². The van der Waals surface area contributed by atoms with E-state index in [9.17, 15) is 4.39 Å². The van der Waals surface area contributed by atoms with Crippen molar-refractivity contribution < 1.29 is 4.39 Å². The van der Waals surface area contributed by atoms with Gasteiger partial charge in [-0.1, -0.05) is 19.4 Å². The molecule has 2 rings (SSSR count). The first-order chi connectivity index (χ1) is 8.20. The van der Waals surface area contributed by atoms with Crippen molar-refractivity contribution in [1.29, 1.82) is 0 Å². The lowest BCUT2D eigenvalue weighted by atomic mass is 10.1. The summed E-state index contributed by atoms with van der Waals surface area (Å²) < 4.78 is 13.5. The minimum absolute atomic E-state index is 0.104. The van der Waals surface area contributed by atoms with Crippen LogP contribution in [0.3, 0.4) is 0 Å². The second-order valence-electron chi connectivity index (χ2n) is 4.82. The molecule has 0 aliphatic carbocycles. The SMILES string of the molecule is CCCC1CN(c2ccc(C)c(F)c2)CCN1. The Kier molecular flexibility index (Phi) is 4.00. The molecule has 0 bridgehead atoms. The molecule has 94 valence electrons. The van der Waals surface area contributed by atoms with E-state index >= 15 is 0 Å². The van der Waals surface area contributed by atoms with E-state index in [2.05, 4.69) is 17.1 Å². The van der Waals surface area contributed by atoms with E-state index < -0.39 is 0 Å². The van der Waals surface area contributed by atoms with E-state index in [1.165, 1.54) is 12.8 Å². The first kappa shape index (κ1) is 12.4. The Balaban J connectivity index is 2.08. The van der Waals surface area contributed by atoms with Crippen molar-refractivity contribution >= 4 is 5.69 Å². The molecule has 1 atom stereocenters. The zero-order chi connectivity index (χ0) is 12.3. The van der Waals surface area contributed by atoms with Crippen molar-refractivity contribution in [2.45, 2.75) is 32.7 Å². The van der Waals surface area contributed by atoms with Gasteiger partial charge >= 0.3 is 0 Å². The molecule has 1 aliphatic heterocycles. The normalized spacial score (nSPS) is 20.6. The first-order valence-electron chi connectivity index (χ1n) is 6.45. The average Bonchev–Trinajstić information content (AvgIpc) is 2.33. The fraction of sp³-hybridized carbons (Fsp3) is 0.571. The van der Waals surface area contributed by atoms with Crippen molar-refractivity contribution in [1.82, 2.24) is 5.32 Å². The van der Waals surface area contributed by atoms with Gasteiger partial charge in [-0.05, 0) is 31.0 Å². The molecule has 1 saturated heterocycles. The van der Waals surface area contributed by atoms with Crippen molar-refractivity contribution in [2.75, 3.05) is 24.5 Å². The Morgan fingerprint density at radius 2 is 2.29 bits per heavy atom. The van der Waals surface area contributed by atoms with Crippen molar-refractivity contribution in [2.24, 2.45) is 0 Å². The third-order valence-corrected chi connectivity index (χ3v) is 3.41. The highest BCUT2D eigenvalue weighted by atomic mass is 19.1. The molecule has 0 radical (unpaired) electrons. The summed E-state index contributed by atoms with van der Waals surface area (Å²) in [4.78, 5) is 2.28. The fourth-order valence-corrected chi connectivity index (χ4v) is 2.38. The summed E-state index contributed by atoms with van der Waals surface area (Å²) in [5.41, 5.74) is 1.73. The van der Waals surface area contributed by atoms with Gasteiger partial charge in [0, 0.05) is 31.4 Å². The Morgan fingerprint density at radius 3 is 3.00 bits per heavy atom. The molecule has 1 heterocycles. The monoisotopic (exact) mass is 236 g/mol. The standard InChI is InChI=1S/C14H21FN2/c1-3-4-12-10-17(8-7-16-12)13-6-5-11(2)14(15)9-13/h5-6,9,12,16H,3-4,7-8,10H2,1-2H3. The van der Waals surface area contributed by atoms with Gasteiger partial charge < -0.3 is 10.2 Å². The quantitative estimate of drug-likeness (QED) is 0.868. The average molecular weight is 236 g/mol. The van der Waals surface area contributed by atoms with Gasteiger partial charge in [0.1, 0.15) is 5.82 Å². The predicted octanol–water partition coefficient (Wildman–Crippen LogP) is 2.71. The number of aryl methyl sites for hydroxylation is 1. The number of piperazine rings is 1.